The number of halogens is 1. The van der Waals surface area contributed by atoms with Crippen molar-refractivity contribution in [1.29, 1.82) is 0 Å². The minimum atomic E-state index is -0.553. The van der Waals surface area contributed by atoms with Gasteiger partial charge in [0, 0.05) is 10.7 Å². The number of urea groups is 1. The number of nitrogens with one attached hydrogen (secondary N) is 2. The van der Waals surface area contributed by atoms with Gasteiger partial charge in [-0.15, -0.1) is 0 Å². The maximum absolute atomic E-state index is 12.2. The predicted octanol–water partition coefficient (Wildman–Crippen LogP) is 2.55. The van der Waals surface area contributed by atoms with Gasteiger partial charge >= 0.3 is 6.03 Å². The molecule has 0 aliphatic carbocycles. The van der Waals surface area contributed by atoms with Crippen molar-refractivity contribution in [3.8, 4) is 0 Å². The molecule has 0 aromatic heterocycles. The molecule has 1 aliphatic heterocycles. The molecule has 1 atom stereocenters. The van der Waals surface area contributed by atoms with E-state index in [9.17, 15) is 14.4 Å². The Morgan fingerprint density at radius 1 is 1.39 bits per heavy atom. The zero-order chi connectivity index (χ0) is 17.1. The minimum absolute atomic E-state index is 0.270. The van der Waals surface area contributed by atoms with Gasteiger partial charge in [0.15, 0.2) is 0 Å². The van der Waals surface area contributed by atoms with Gasteiger partial charge in [-0.1, -0.05) is 31.5 Å². The summed E-state index contributed by atoms with van der Waals surface area (Å²) in [5.74, 6) is -0.530. The Bertz CT molecular complexity index is 645. The minimum Gasteiger partial charge on any atom is -0.326 e. The van der Waals surface area contributed by atoms with E-state index in [-0.39, 0.29) is 18.4 Å². The summed E-state index contributed by atoms with van der Waals surface area (Å²) in [4.78, 5) is 37.2. The van der Waals surface area contributed by atoms with Gasteiger partial charge in [0.2, 0.25) is 5.91 Å². The summed E-state index contributed by atoms with van der Waals surface area (Å²) in [6.07, 6.45) is 0.552. The van der Waals surface area contributed by atoms with Crippen molar-refractivity contribution in [3.05, 3.63) is 28.8 Å². The summed E-state index contributed by atoms with van der Waals surface area (Å²) >= 11 is 5.90. The lowest BCUT2D eigenvalue weighted by molar-refractivity contribution is -0.131. The van der Waals surface area contributed by atoms with Crippen molar-refractivity contribution in [2.75, 3.05) is 11.9 Å². The van der Waals surface area contributed by atoms with Gasteiger partial charge < -0.3 is 10.6 Å². The van der Waals surface area contributed by atoms with Crippen LogP contribution in [0.2, 0.25) is 5.02 Å². The van der Waals surface area contributed by atoms with Crippen molar-refractivity contribution in [3.63, 3.8) is 0 Å². The molecule has 0 radical (unpaired) electrons. The number of aryl methyl sites for hydroxylation is 1. The van der Waals surface area contributed by atoms with Crippen LogP contribution in [0.15, 0.2) is 18.2 Å². The van der Waals surface area contributed by atoms with E-state index in [4.69, 9.17) is 11.6 Å². The largest absolute Gasteiger partial charge is 0.326 e. The summed E-state index contributed by atoms with van der Waals surface area (Å²) in [5, 5.41) is 5.79. The standard InChI is InChI=1S/C16H20ClN3O3/c1-9(2)6-13-15(22)20(16(23)19-13)8-14(21)18-12-7-11(17)5-4-10(12)3/h4-5,7,9,13H,6,8H2,1-3H3,(H,18,21)(H,19,23)/t13-/m0/s1. The van der Waals surface area contributed by atoms with Crippen molar-refractivity contribution >= 4 is 35.1 Å². The number of imide groups is 1. The SMILES string of the molecule is Cc1ccc(Cl)cc1NC(=O)CN1C(=O)N[C@@H](CC(C)C)C1=O. The fourth-order valence-corrected chi connectivity index (χ4v) is 2.59. The van der Waals surface area contributed by atoms with Gasteiger partial charge in [-0.25, -0.2) is 4.79 Å². The van der Waals surface area contributed by atoms with Gasteiger partial charge in [-0.05, 0) is 37.0 Å². The summed E-state index contributed by atoms with van der Waals surface area (Å²) < 4.78 is 0. The first kappa shape index (κ1) is 17.3. The highest BCUT2D eigenvalue weighted by molar-refractivity contribution is 6.31. The number of amides is 4. The molecular formula is C16H20ClN3O3. The van der Waals surface area contributed by atoms with E-state index in [0.29, 0.717) is 17.1 Å². The van der Waals surface area contributed by atoms with Crippen LogP contribution in [0, 0.1) is 12.8 Å². The van der Waals surface area contributed by atoms with E-state index >= 15 is 0 Å². The van der Waals surface area contributed by atoms with Crippen LogP contribution in [0.3, 0.4) is 0 Å². The van der Waals surface area contributed by atoms with E-state index < -0.39 is 18.0 Å². The first-order chi connectivity index (χ1) is 10.8. The molecule has 1 aromatic carbocycles. The lowest BCUT2D eigenvalue weighted by atomic mass is 10.0. The van der Waals surface area contributed by atoms with Gasteiger partial charge in [-0.3, -0.25) is 14.5 Å². The Kier molecular flexibility index (Phi) is 5.26. The molecule has 7 heteroatoms. The average Bonchev–Trinajstić information content (AvgIpc) is 2.70. The molecule has 1 aliphatic rings. The number of benzene rings is 1. The van der Waals surface area contributed by atoms with Crippen LogP contribution in [0.4, 0.5) is 10.5 Å². The molecule has 0 spiro atoms. The Hall–Kier alpha value is -2.08. The van der Waals surface area contributed by atoms with Crippen LogP contribution >= 0.6 is 11.6 Å². The highest BCUT2D eigenvalue weighted by Gasteiger charge is 2.38. The maximum Gasteiger partial charge on any atom is 0.325 e. The Morgan fingerprint density at radius 2 is 2.09 bits per heavy atom. The summed E-state index contributed by atoms with van der Waals surface area (Å²) in [6.45, 7) is 5.46. The van der Waals surface area contributed by atoms with Crippen LogP contribution < -0.4 is 10.6 Å². The molecule has 124 valence electrons. The van der Waals surface area contributed by atoms with Crippen molar-refractivity contribution in [2.45, 2.75) is 33.2 Å². The molecule has 1 aromatic rings. The molecule has 6 nitrogen and oxygen atoms in total. The second kappa shape index (κ2) is 7.00. The molecule has 23 heavy (non-hydrogen) atoms. The highest BCUT2D eigenvalue weighted by atomic mass is 35.5. The van der Waals surface area contributed by atoms with Crippen LogP contribution in [0.1, 0.15) is 25.8 Å². The van der Waals surface area contributed by atoms with Gasteiger partial charge in [0.05, 0.1) is 0 Å². The number of hydrogen-bond donors (Lipinski definition) is 2. The Morgan fingerprint density at radius 3 is 2.74 bits per heavy atom. The molecule has 0 bridgehead atoms. The highest BCUT2D eigenvalue weighted by Crippen LogP contribution is 2.20. The molecule has 2 rings (SSSR count). The number of nitrogens with zero attached hydrogens (tertiary/aromatic N) is 1. The molecule has 0 saturated carbocycles. The lowest BCUT2D eigenvalue weighted by Gasteiger charge is -2.14. The van der Waals surface area contributed by atoms with Crippen LogP contribution in [-0.2, 0) is 9.59 Å². The number of carbonyl (C=O) groups is 3. The van der Waals surface area contributed by atoms with Gasteiger partial charge in [0.25, 0.3) is 5.91 Å². The number of carbonyl (C=O) groups excluding carboxylic acids is 3. The third-order valence-corrected chi connectivity index (χ3v) is 3.82. The Balaban J connectivity index is 2.01. The first-order valence-electron chi connectivity index (χ1n) is 7.45. The van der Waals surface area contributed by atoms with Crippen molar-refractivity contribution in [1.82, 2.24) is 10.2 Å². The van der Waals surface area contributed by atoms with E-state index in [1.165, 1.54) is 0 Å². The van der Waals surface area contributed by atoms with Crippen LogP contribution in [0.5, 0.6) is 0 Å². The van der Waals surface area contributed by atoms with Crippen LogP contribution in [-0.4, -0.2) is 35.3 Å². The predicted molar refractivity (Wildman–Crippen MR) is 88.3 cm³/mol. The maximum atomic E-state index is 12.2. The average molecular weight is 338 g/mol. The van der Waals surface area contributed by atoms with E-state index in [2.05, 4.69) is 10.6 Å². The van der Waals surface area contributed by atoms with Crippen molar-refractivity contribution < 1.29 is 14.4 Å². The monoisotopic (exact) mass is 337 g/mol. The molecule has 0 unspecified atom stereocenters. The van der Waals surface area contributed by atoms with Gasteiger partial charge in [-0.2, -0.15) is 0 Å². The second-order valence-corrected chi connectivity index (χ2v) is 6.50. The van der Waals surface area contributed by atoms with E-state index in [1.807, 2.05) is 20.8 Å². The van der Waals surface area contributed by atoms with Crippen molar-refractivity contribution in [2.24, 2.45) is 5.92 Å². The molecule has 4 amide bonds. The third-order valence-electron chi connectivity index (χ3n) is 3.59. The number of rotatable bonds is 5. The second-order valence-electron chi connectivity index (χ2n) is 6.06. The topological polar surface area (TPSA) is 78.5 Å². The quantitative estimate of drug-likeness (QED) is 0.810. The zero-order valence-corrected chi connectivity index (χ0v) is 14.1. The lowest BCUT2D eigenvalue weighted by Crippen LogP contribution is -2.38. The Labute approximate surface area is 140 Å². The number of anilines is 1. The summed E-state index contributed by atoms with van der Waals surface area (Å²) in [7, 11) is 0. The molecule has 1 saturated heterocycles. The normalized spacial score (nSPS) is 17.6. The fourth-order valence-electron chi connectivity index (χ4n) is 2.42. The van der Waals surface area contributed by atoms with E-state index in [1.54, 1.807) is 18.2 Å². The zero-order valence-electron chi connectivity index (χ0n) is 13.4. The summed E-state index contributed by atoms with van der Waals surface area (Å²) in [5.41, 5.74) is 1.41. The fraction of sp³-hybridized carbons (Fsp3) is 0.438. The number of hydrogen-bond acceptors (Lipinski definition) is 3. The van der Waals surface area contributed by atoms with Crippen LogP contribution in [0.25, 0.3) is 0 Å². The molecule has 1 fully saturated rings. The smallest absolute Gasteiger partial charge is 0.325 e. The molecule has 1 heterocycles. The van der Waals surface area contributed by atoms with Gasteiger partial charge in [0.1, 0.15) is 12.6 Å². The third kappa shape index (κ3) is 4.22. The summed E-state index contributed by atoms with van der Waals surface area (Å²) in [6, 6.07) is 4.05. The molecule has 2 N–H and O–H groups in total. The molecular weight excluding hydrogens is 318 g/mol. The van der Waals surface area contributed by atoms with E-state index in [0.717, 1.165) is 10.5 Å². The first-order valence-corrected chi connectivity index (χ1v) is 7.83.